The van der Waals surface area contributed by atoms with Crippen LogP contribution in [0.5, 0.6) is 0 Å². The van der Waals surface area contributed by atoms with Crippen molar-refractivity contribution in [1.82, 2.24) is 14.6 Å². The zero-order chi connectivity index (χ0) is 14.9. The zero-order valence-electron chi connectivity index (χ0n) is 12.1. The first kappa shape index (κ1) is 15.4. The number of rotatable bonds is 5. The van der Waals surface area contributed by atoms with E-state index < -0.39 is 10.0 Å². The van der Waals surface area contributed by atoms with E-state index >= 15 is 0 Å². The molecule has 2 saturated heterocycles. The van der Waals surface area contributed by atoms with Crippen molar-refractivity contribution < 1.29 is 13.2 Å². The van der Waals surface area contributed by atoms with Crippen molar-refractivity contribution in [2.75, 3.05) is 32.5 Å². The Hall–Kier alpha value is -0.540. The van der Waals surface area contributed by atoms with Gasteiger partial charge in [-0.2, -0.15) is 0 Å². The van der Waals surface area contributed by atoms with Crippen molar-refractivity contribution >= 4 is 21.4 Å². The van der Waals surface area contributed by atoms with Crippen LogP contribution in [0.4, 0.5) is 0 Å². The van der Waals surface area contributed by atoms with Crippen LogP contribution < -0.4 is 4.72 Å². The number of fused-ring (bicyclic) bond motifs is 1. The van der Waals surface area contributed by atoms with E-state index in [0.717, 1.165) is 37.7 Å². The molecule has 0 bridgehead atoms. The molecule has 3 heterocycles. The highest BCUT2D eigenvalue weighted by Gasteiger charge is 2.40. The number of piperidine rings is 1. The molecule has 0 unspecified atom stereocenters. The SMILES string of the molecule is CS(=O)(=O)NC[C@H]1OC[C@@H]2CCN(Cc3nccs3)C[C@@H]21. The maximum atomic E-state index is 11.2. The number of likely N-dealkylation sites (tertiary alicyclic amines) is 1. The minimum Gasteiger partial charge on any atom is -0.376 e. The molecule has 0 aromatic carbocycles. The van der Waals surface area contributed by atoms with Gasteiger partial charge in [-0.1, -0.05) is 0 Å². The maximum Gasteiger partial charge on any atom is 0.208 e. The largest absolute Gasteiger partial charge is 0.376 e. The lowest BCUT2D eigenvalue weighted by Gasteiger charge is -2.35. The highest BCUT2D eigenvalue weighted by Crippen LogP contribution is 2.34. The molecule has 0 radical (unpaired) electrons. The van der Waals surface area contributed by atoms with E-state index in [2.05, 4.69) is 14.6 Å². The van der Waals surface area contributed by atoms with Crippen molar-refractivity contribution in [2.45, 2.75) is 19.1 Å². The van der Waals surface area contributed by atoms with Crippen LogP contribution in [-0.2, 0) is 21.3 Å². The Labute approximate surface area is 129 Å². The van der Waals surface area contributed by atoms with Crippen molar-refractivity contribution in [2.24, 2.45) is 11.8 Å². The summed E-state index contributed by atoms with van der Waals surface area (Å²) < 4.78 is 30.9. The zero-order valence-corrected chi connectivity index (χ0v) is 13.7. The first-order valence-corrected chi connectivity index (χ1v) is 9.95. The fourth-order valence-corrected chi connectivity index (χ4v) is 4.33. The quantitative estimate of drug-likeness (QED) is 0.852. The molecule has 21 heavy (non-hydrogen) atoms. The number of sulfonamides is 1. The Balaban J connectivity index is 1.58. The van der Waals surface area contributed by atoms with Gasteiger partial charge in [0.25, 0.3) is 0 Å². The average molecular weight is 331 g/mol. The summed E-state index contributed by atoms with van der Waals surface area (Å²) in [6, 6.07) is 0. The molecule has 1 aromatic rings. The second-order valence-corrected chi connectivity index (χ2v) is 8.68. The summed E-state index contributed by atoms with van der Waals surface area (Å²) in [5.41, 5.74) is 0. The summed E-state index contributed by atoms with van der Waals surface area (Å²) in [5, 5.41) is 3.14. The molecule has 0 amide bonds. The minimum absolute atomic E-state index is 0.0104. The van der Waals surface area contributed by atoms with Crippen LogP contribution in [0.2, 0.25) is 0 Å². The smallest absolute Gasteiger partial charge is 0.208 e. The topological polar surface area (TPSA) is 71.5 Å². The van der Waals surface area contributed by atoms with Crippen LogP contribution >= 0.6 is 11.3 Å². The Morgan fingerprint density at radius 2 is 2.43 bits per heavy atom. The summed E-state index contributed by atoms with van der Waals surface area (Å²) in [6.45, 7) is 4.04. The molecule has 8 heteroatoms. The lowest BCUT2D eigenvalue weighted by Crippen LogP contribution is -2.44. The normalized spacial score (nSPS) is 30.4. The van der Waals surface area contributed by atoms with Crippen LogP contribution in [0.15, 0.2) is 11.6 Å². The van der Waals surface area contributed by atoms with Gasteiger partial charge in [0.2, 0.25) is 10.0 Å². The molecule has 2 aliphatic rings. The summed E-state index contributed by atoms with van der Waals surface area (Å²) in [5.74, 6) is 0.969. The van der Waals surface area contributed by atoms with Crippen LogP contribution in [0.3, 0.4) is 0 Å². The lowest BCUT2D eigenvalue weighted by atomic mass is 9.84. The van der Waals surface area contributed by atoms with E-state index in [9.17, 15) is 8.42 Å². The van der Waals surface area contributed by atoms with Crippen molar-refractivity contribution in [3.05, 3.63) is 16.6 Å². The first-order chi connectivity index (χ1) is 10.0. The van der Waals surface area contributed by atoms with Gasteiger partial charge in [0, 0.05) is 30.6 Å². The fourth-order valence-electron chi connectivity index (χ4n) is 3.21. The van der Waals surface area contributed by atoms with E-state index in [0.29, 0.717) is 18.4 Å². The van der Waals surface area contributed by atoms with E-state index in [1.807, 2.05) is 11.6 Å². The number of aromatic nitrogens is 1. The molecule has 2 fully saturated rings. The molecule has 0 spiro atoms. The molecule has 0 saturated carbocycles. The van der Waals surface area contributed by atoms with Crippen LogP contribution in [0, 0.1) is 11.8 Å². The second-order valence-electron chi connectivity index (χ2n) is 5.87. The standard InChI is InChI=1S/C13H21N3O3S2/c1-21(17,18)15-6-12-11-7-16(4-2-10(11)9-19-12)8-13-14-3-5-20-13/h3,5,10-12,15H,2,4,6-9H2,1H3/t10-,11-,12+/m0/s1. The molecule has 1 N–H and O–H groups in total. The first-order valence-electron chi connectivity index (χ1n) is 7.18. The van der Waals surface area contributed by atoms with Gasteiger partial charge in [-0.15, -0.1) is 11.3 Å². The maximum absolute atomic E-state index is 11.2. The average Bonchev–Trinajstić information content (AvgIpc) is 3.05. The molecular formula is C13H21N3O3S2. The van der Waals surface area contributed by atoms with Crippen molar-refractivity contribution in [3.8, 4) is 0 Å². The molecule has 118 valence electrons. The van der Waals surface area contributed by atoms with E-state index in [1.54, 1.807) is 11.3 Å². The van der Waals surface area contributed by atoms with Gasteiger partial charge in [0.1, 0.15) is 5.01 Å². The summed E-state index contributed by atoms with van der Waals surface area (Å²) >= 11 is 1.68. The summed E-state index contributed by atoms with van der Waals surface area (Å²) in [4.78, 5) is 6.74. The lowest BCUT2D eigenvalue weighted by molar-refractivity contribution is 0.0776. The van der Waals surface area contributed by atoms with Crippen LogP contribution in [0.25, 0.3) is 0 Å². The number of ether oxygens (including phenoxy) is 1. The monoisotopic (exact) mass is 331 g/mol. The number of hydrogen-bond donors (Lipinski definition) is 1. The summed E-state index contributed by atoms with van der Waals surface area (Å²) in [7, 11) is -3.16. The third-order valence-corrected chi connectivity index (χ3v) is 5.74. The van der Waals surface area contributed by atoms with E-state index in [1.165, 1.54) is 6.26 Å². The minimum atomic E-state index is -3.16. The van der Waals surface area contributed by atoms with Gasteiger partial charge in [-0.05, 0) is 18.9 Å². The van der Waals surface area contributed by atoms with Crippen LogP contribution in [0.1, 0.15) is 11.4 Å². The second kappa shape index (κ2) is 6.29. The molecule has 6 nitrogen and oxygen atoms in total. The molecule has 0 aliphatic carbocycles. The Morgan fingerprint density at radius 1 is 1.57 bits per heavy atom. The highest BCUT2D eigenvalue weighted by atomic mass is 32.2. The molecule has 3 rings (SSSR count). The van der Waals surface area contributed by atoms with Crippen LogP contribution in [-0.4, -0.2) is 56.9 Å². The predicted octanol–water partition coefficient (Wildman–Crippen LogP) is 0.529. The van der Waals surface area contributed by atoms with Crippen molar-refractivity contribution in [1.29, 1.82) is 0 Å². The van der Waals surface area contributed by atoms with E-state index in [-0.39, 0.29) is 6.10 Å². The molecule has 1 aromatic heterocycles. The summed E-state index contributed by atoms with van der Waals surface area (Å²) in [6.07, 6.45) is 4.13. The number of thiazole rings is 1. The number of hydrogen-bond acceptors (Lipinski definition) is 6. The van der Waals surface area contributed by atoms with Gasteiger partial charge < -0.3 is 4.74 Å². The molecule has 2 aliphatic heterocycles. The number of nitrogens with zero attached hydrogens (tertiary/aromatic N) is 2. The van der Waals surface area contributed by atoms with Gasteiger partial charge in [0.05, 0.1) is 25.5 Å². The number of nitrogens with one attached hydrogen (secondary N) is 1. The van der Waals surface area contributed by atoms with Gasteiger partial charge in [-0.25, -0.2) is 18.1 Å². The highest BCUT2D eigenvalue weighted by molar-refractivity contribution is 7.88. The molecular weight excluding hydrogens is 310 g/mol. The van der Waals surface area contributed by atoms with Gasteiger partial charge in [0.15, 0.2) is 0 Å². The van der Waals surface area contributed by atoms with Crippen molar-refractivity contribution in [3.63, 3.8) is 0 Å². The van der Waals surface area contributed by atoms with Gasteiger partial charge >= 0.3 is 0 Å². The van der Waals surface area contributed by atoms with Gasteiger partial charge in [-0.3, -0.25) is 4.90 Å². The Morgan fingerprint density at radius 3 is 3.14 bits per heavy atom. The predicted molar refractivity (Wildman–Crippen MR) is 81.6 cm³/mol. The molecule has 3 atom stereocenters. The Kier molecular flexibility index (Phi) is 4.60. The third-order valence-electron chi connectivity index (χ3n) is 4.28. The Bertz CT molecular complexity index is 561. The third kappa shape index (κ3) is 4.01. The fraction of sp³-hybridized carbons (Fsp3) is 0.769. The van der Waals surface area contributed by atoms with E-state index in [4.69, 9.17) is 4.74 Å².